The first-order chi connectivity index (χ1) is 11.0. The lowest BCUT2D eigenvalue weighted by atomic mass is 10.1. The smallest absolute Gasteiger partial charge is 0.180 e. The number of benzene rings is 1. The average Bonchev–Trinajstić information content (AvgIpc) is 2.96. The molecule has 23 heavy (non-hydrogen) atoms. The Morgan fingerprint density at radius 2 is 2.17 bits per heavy atom. The van der Waals surface area contributed by atoms with Crippen molar-refractivity contribution in [3.63, 3.8) is 0 Å². The second kappa shape index (κ2) is 8.76. The highest BCUT2D eigenvalue weighted by molar-refractivity contribution is 6.32. The van der Waals surface area contributed by atoms with Crippen molar-refractivity contribution >= 4 is 11.6 Å². The quantitative estimate of drug-likeness (QED) is 0.782. The molecule has 5 heteroatoms. The zero-order valence-corrected chi connectivity index (χ0v) is 15.4. The third-order valence-corrected chi connectivity index (χ3v) is 4.54. The summed E-state index contributed by atoms with van der Waals surface area (Å²) in [6.07, 6.45) is 2.65. The Bertz CT molecular complexity index is 508. The minimum Gasteiger partial charge on any atom is -0.493 e. The maximum Gasteiger partial charge on any atom is 0.180 e. The number of methoxy groups -OCH3 is 1. The van der Waals surface area contributed by atoms with E-state index >= 15 is 0 Å². The van der Waals surface area contributed by atoms with Crippen LogP contribution in [-0.4, -0.2) is 43.8 Å². The lowest BCUT2D eigenvalue weighted by Crippen LogP contribution is -2.37. The minimum atomic E-state index is 0.0627. The van der Waals surface area contributed by atoms with Crippen molar-refractivity contribution in [1.29, 1.82) is 0 Å². The van der Waals surface area contributed by atoms with Crippen molar-refractivity contribution in [3.05, 3.63) is 22.7 Å². The Kier molecular flexibility index (Phi) is 7.00. The highest BCUT2D eigenvalue weighted by Crippen LogP contribution is 2.37. The van der Waals surface area contributed by atoms with Gasteiger partial charge in [0.2, 0.25) is 0 Å². The fourth-order valence-corrected chi connectivity index (χ4v) is 3.43. The number of hydrogen-bond donors (Lipinski definition) is 1. The van der Waals surface area contributed by atoms with Crippen LogP contribution in [0.2, 0.25) is 5.02 Å². The highest BCUT2D eigenvalue weighted by Gasteiger charge is 2.22. The topological polar surface area (TPSA) is 33.7 Å². The van der Waals surface area contributed by atoms with Crippen LogP contribution < -0.4 is 14.8 Å². The van der Waals surface area contributed by atoms with Gasteiger partial charge in [-0.15, -0.1) is 0 Å². The van der Waals surface area contributed by atoms with Crippen molar-refractivity contribution in [2.24, 2.45) is 0 Å². The van der Waals surface area contributed by atoms with Crippen LogP contribution in [0.5, 0.6) is 11.5 Å². The van der Waals surface area contributed by atoms with E-state index in [1.807, 2.05) is 26.0 Å². The van der Waals surface area contributed by atoms with Gasteiger partial charge in [0, 0.05) is 19.1 Å². The van der Waals surface area contributed by atoms with Gasteiger partial charge in [0.15, 0.2) is 11.5 Å². The molecule has 1 aromatic rings. The summed E-state index contributed by atoms with van der Waals surface area (Å²) in [6, 6.07) is 4.62. The van der Waals surface area contributed by atoms with Gasteiger partial charge in [-0.1, -0.05) is 18.5 Å². The molecule has 0 amide bonds. The third-order valence-electron chi connectivity index (χ3n) is 4.26. The van der Waals surface area contributed by atoms with Crippen molar-refractivity contribution in [3.8, 4) is 11.5 Å². The Morgan fingerprint density at radius 1 is 1.39 bits per heavy atom. The number of likely N-dealkylation sites (N-methyl/N-ethyl adjacent to an activating group) is 1. The predicted molar refractivity (Wildman–Crippen MR) is 95.7 cm³/mol. The fraction of sp³-hybridized carbons (Fsp3) is 0.667. The van der Waals surface area contributed by atoms with Crippen LogP contribution in [0.25, 0.3) is 0 Å². The molecule has 1 aliphatic heterocycles. The van der Waals surface area contributed by atoms with Crippen LogP contribution in [0.1, 0.15) is 39.2 Å². The van der Waals surface area contributed by atoms with E-state index in [9.17, 15) is 0 Å². The number of nitrogens with one attached hydrogen (secondary N) is 1. The van der Waals surface area contributed by atoms with Crippen LogP contribution in [0.15, 0.2) is 12.1 Å². The lowest BCUT2D eigenvalue weighted by molar-refractivity contribution is 0.230. The van der Waals surface area contributed by atoms with E-state index in [-0.39, 0.29) is 6.10 Å². The summed E-state index contributed by atoms with van der Waals surface area (Å²) in [7, 11) is 1.65. The second-order valence-electron chi connectivity index (χ2n) is 6.33. The summed E-state index contributed by atoms with van der Waals surface area (Å²) in [5, 5.41) is 4.15. The number of hydrogen-bond acceptors (Lipinski definition) is 4. The Balaban J connectivity index is 1.96. The summed E-state index contributed by atoms with van der Waals surface area (Å²) in [5.74, 6) is 1.32. The molecule has 4 nitrogen and oxygen atoms in total. The molecule has 1 aromatic carbocycles. The molecule has 0 saturated carbocycles. The Labute approximate surface area is 145 Å². The molecule has 2 rings (SSSR count). The van der Waals surface area contributed by atoms with Gasteiger partial charge in [0.25, 0.3) is 0 Å². The molecule has 0 spiro atoms. The summed E-state index contributed by atoms with van der Waals surface area (Å²) in [4.78, 5) is 2.54. The van der Waals surface area contributed by atoms with Crippen LogP contribution >= 0.6 is 11.6 Å². The van der Waals surface area contributed by atoms with Crippen molar-refractivity contribution in [2.45, 2.75) is 52.3 Å². The number of ether oxygens (including phenoxy) is 2. The van der Waals surface area contributed by atoms with Crippen LogP contribution in [0, 0.1) is 0 Å². The summed E-state index contributed by atoms with van der Waals surface area (Å²) in [6.45, 7) is 10.3. The van der Waals surface area contributed by atoms with E-state index in [0.717, 1.165) is 25.2 Å². The van der Waals surface area contributed by atoms with Crippen molar-refractivity contribution < 1.29 is 9.47 Å². The van der Waals surface area contributed by atoms with E-state index in [2.05, 4.69) is 17.1 Å². The fourth-order valence-electron chi connectivity index (χ4n) is 3.15. The molecule has 0 radical (unpaired) electrons. The first-order valence-electron chi connectivity index (χ1n) is 8.53. The van der Waals surface area contributed by atoms with Gasteiger partial charge in [0.1, 0.15) is 0 Å². The lowest BCUT2D eigenvalue weighted by Gasteiger charge is -2.23. The van der Waals surface area contributed by atoms with Gasteiger partial charge in [-0.3, -0.25) is 4.90 Å². The Hall–Kier alpha value is -0.970. The van der Waals surface area contributed by atoms with Crippen LogP contribution in [0.3, 0.4) is 0 Å². The maximum absolute atomic E-state index is 6.37. The van der Waals surface area contributed by atoms with Gasteiger partial charge in [-0.25, -0.2) is 0 Å². The number of likely N-dealkylation sites (tertiary alicyclic amines) is 1. The third kappa shape index (κ3) is 5.00. The zero-order valence-electron chi connectivity index (χ0n) is 14.7. The standard InChI is InChI=1S/C18H29ClN2O2/c1-5-21-8-6-7-15(21)12-20-11-14-9-16(19)18(23-13(2)3)17(10-14)22-4/h9-10,13,15,20H,5-8,11-12H2,1-4H3/t15-/m1/s1. The van der Waals surface area contributed by atoms with E-state index < -0.39 is 0 Å². The molecular weight excluding hydrogens is 312 g/mol. The molecule has 0 aromatic heterocycles. The molecular formula is C18H29ClN2O2. The molecule has 0 unspecified atom stereocenters. The van der Waals surface area contributed by atoms with E-state index in [0.29, 0.717) is 22.6 Å². The van der Waals surface area contributed by atoms with Gasteiger partial charge in [-0.05, 0) is 57.5 Å². The molecule has 1 saturated heterocycles. The van der Waals surface area contributed by atoms with Gasteiger partial charge >= 0.3 is 0 Å². The van der Waals surface area contributed by atoms with Crippen molar-refractivity contribution in [1.82, 2.24) is 10.2 Å². The first-order valence-corrected chi connectivity index (χ1v) is 8.90. The minimum absolute atomic E-state index is 0.0627. The molecule has 1 fully saturated rings. The van der Waals surface area contributed by atoms with Gasteiger partial charge < -0.3 is 14.8 Å². The second-order valence-corrected chi connectivity index (χ2v) is 6.74. The zero-order chi connectivity index (χ0) is 16.8. The largest absolute Gasteiger partial charge is 0.493 e. The normalized spacial score (nSPS) is 18.6. The first kappa shape index (κ1) is 18.4. The SMILES string of the molecule is CCN1CCC[C@@H]1CNCc1cc(Cl)c(OC(C)C)c(OC)c1. The molecule has 1 aliphatic rings. The molecule has 1 atom stereocenters. The molecule has 0 aliphatic carbocycles. The Morgan fingerprint density at radius 3 is 2.83 bits per heavy atom. The van der Waals surface area contributed by atoms with E-state index in [1.54, 1.807) is 7.11 Å². The molecule has 0 bridgehead atoms. The summed E-state index contributed by atoms with van der Waals surface area (Å²) >= 11 is 6.37. The molecule has 130 valence electrons. The van der Waals surface area contributed by atoms with E-state index in [1.165, 1.54) is 19.4 Å². The van der Waals surface area contributed by atoms with Crippen LogP contribution in [0.4, 0.5) is 0 Å². The average molecular weight is 341 g/mol. The predicted octanol–water partition coefficient (Wildman–Crippen LogP) is 3.71. The number of nitrogens with zero attached hydrogens (tertiary/aromatic N) is 1. The number of halogens is 1. The molecule has 1 heterocycles. The van der Waals surface area contributed by atoms with Gasteiger partial charge in [-0.2, -0.15) is 0 Å². The highest BCUT2D eigenvalue weighted by atomic mass is 35.5. The van der Waals surface area contributed by atoms with Crippen LogP contribution in [-0.2, 0) is 6.54 Å². The monoisotopic (exact) mass is 340 g/mol. The van der Waals surface area contributed by atoms with E-state index in [4.69, 9.17) is 21.1 Å². The maximum atomic E-state index is 6.37. The summed E-state index contributed by atoms with van der Waals surface area (Å²) in [5.41, 5.74) is 1.11. The summed E-state index contributed by atoms with van der Waals surface area (Å²) < 4.78 is 11.2. The number of rotatable bonds is 8. The van der Waals surface area contributed by atoms with Crippen molar-refractivity contribution in [2.75, 3.05) is 26.7 Å². The molecule has 1 N–H and O–H groups in total. The van der Waals surface area contributed by atoms with Gasteiger partial charge in [0.05, 0.1) is 18.2 Å².